The molecule has 160 valence electrons. The number of nitrogens with two attached hydrogens (primary N) is 1. The molecule has 0 spiro atoms. The molecular formula is C21H24N8O2. The van der Waals surface area contributed by atoms with E-state index in [2.05, 4.69) is 31.1 Å². The number of carbonyl (C=O) groups is 1. The number of hydrogen-bond donors (Lipinski definition) is 6. The van der Waals surface area contributed by atoms with Crippen LogP contribution in [0, 0.1) is 5.41 Å². The summed E-state index contributed by atoms with van der Waals surface area (Å²) in [4.78, 5) is 15.1. The molecule has 1 amide bonds. The van der Waals surface area contributed by atoms with Gasteiger partial charge < -0.3 is 36.8 Å². The van der Waals surface area contributed by atoms with Gasteiger partial charge in [0.2, 0.25) is 5.95 Å². The van der Waals surface area contributed by atoms with Crippen molar-refractivity contribution >= 4 is 29.4 Å². The molecule has 0 saturated carbocycles. The third kappa shape index (κ3) is 5.17. The normalized spacial score (nSPS) is 15.4. The van der Waals surface area contributed by atoms with Crippen molar-refractivity contribution in [3.63, 3.8) is 0 Å². The number of H-pyrrole nitrogens is 1. The van der Waals surface area contributed by atoms with Gasteiger partial charge in [0.25, 0.3) is 5.91 Å². The van der Waals surface area contributed by atoms with E-state index in [1.807, 2.05) is 12.1 Å². The highest BCUT2D eigenvalue weighted by Gasteiger charge is 2.16. The Bertz CT molecular complexity index is 1060. The van der Waals surface area contributed by atoms with Crippen LogP contribution >= 0.6 is 0 Å². The van der Waals surface area contributed by atoms with Gasteiger partial charge in [-0.3, -0.25) is 4.79 Å². The fourth-order valence-corrected chi connectivity index (χ4v) is 3.27. The maximum absolute atomic E-state index is 12.0. The average molecular weight is 420 g/mol. The molecule has 1 fully saturated rings. The minimum absolute atomic E-state index is 0.0223. The highest BCUT2D eigenvalue weighted by Crippen LogP contribution is 2.22. The summed E-state index contributed by atoms with van der Waals surface area (Å²) in [6.07, 6.45) is 2.14. The molecule has 1 atom stereocenters. The average Bonchev–Trinajstić information content (AvgIpc) is 3.46. The van der Waals surface area contributed by atoms with Gasteiger partial charge in [-0.1, -0.05) is 0 Å². The molecule has 2 aromatic carbocycles. The van der Waals surface area contributed by atoms with Crippen LogP contribution in [-0.4, -0.2) is 53.0 Å². The molecule has 0 aliphatic carbocycles. The lowest BCUT2D eigenvalue weighted by Crippen LogP contribution is -2.39. The summed E-state index contributed by atoms with van der Waals surface area (Å²) >= 11 is 0. The minimum Gasteiger partial charge on any atom is -0.484 e. The van der Waals surface area contributed by atoms with Gasteiger partial charge in [-0.25, -0.2) is 0 Å². The lowest BCUT2D eigenvalue weighted by molar-refractivity contribution is -0.123. The molecular weight excluding hydrogens is 396 g/mol. The number of nitrogens with zero attached hydrogens (tertiary/aromatic N) is 2. The van der Waals surface area contributed by atoms with Gasteiger partial charge >= 0.3 is 0 Å². The van der Waals surface area contributed by atoms with E-state index in [1.54, 1.807) is 30.3 Å². The van der Waals surface area contributed by atoms with Crippen molar-refractivity contribution in [2.75, 3.05) is 30.7 Å². The number of hydrogen-bond acceptors (Lipinski definition) is 8. The second-order valence-corrected chi connectivity index (χ2v) is 7.21. The van der Waals surface area contributed by atoms with E-state index in [1.165, 1.54) is 6.21 Å². The summed E-state index contributed by atoms with van der Waals surface area (Å²) in [6, 6.07) is 12.7. The Labute approximate surface area is 179 Å². The number of rotatable bonds is 8. The monoisotopic (exact) mass is 420 g/mol. The molecule has 0 radical (unpaired) electrons. The largest absolute Gasteiger partial charge is 0.484 e. The predicted octanol–water partition coefficient (Wildman–Crippen LogP) is 1.65. The lowest BCUT2D eigenvalue weighted by Gasteiger charge is -2.12. The fourth-order valence-electron chi connectivity index (χ4n) is 3.27. The van der Waals surface area contributed by atoms with E-state index in [-0.39, 0.29) is 18.6 Å². The van der Waals surface area contributed by atoms with Crippen LogP contribution in [0.4, 0.5) is 17.3 Å². The van der Waals surface area contributed by atoms with Gasteiger partial charge in [0.1, 0.15) is 5.75 Å². The van der Waals surface area contributed by atoms with Gasteiger partial charge in [0, 0.05) is 41.3 Å². The molecule has 2 heterocycles. The molecule has 3 aromatic rings. The number of carbonyl (C=O) groups excluding carboxylic acids is 1. The number of amides is 1. The summed E-state index contributed by atoms with van der Waals surface area (Å²) in [5, 5.41) is 24.9. The van der Waals surface area contributed by atoms with Crippen LogP contribution < -0.4 is 26.4 Å². The first-order valence-corrected chi connectivity index (χ1v) is 9.94. The zero-order valence-corrected chi connectivity index (χ0v) is 16.8. The second-order valence-electron chi connectivity index (χ2n) is 7.21. The Balaban J connectivity index is 1.33. The van der Waals surface area contributed by atoms with Crippen LogP contribution in [0.25, 0.3) is 11.4 Å². The van der Waals surface area contributed by atoms with Crippen molar-refractivity contribution in [2.45, 2.75) is 12.5 Å². The Kier molecular flexibility index (Phi) is 6.08. The van der Waals surface area contributed by atoms with Crippen LogP contribution in [0.3, 0.4) is 0 Å². The number of anilines is 3. The summed E-state index contributed by atoms with van der Waals surface area (Å²) < 4.78 is 5.57. The van der Waals surface area contributed by atoms with E-state index in [4.69, 9.17) is 15.9 Å². The maximum Gasteiger partial charge on any atom is 0.258 e. The van der Waals surface area contributed by atoms with Gasteiger partial charge in [-0.05, 0) is 55.4 Å². The SMILES string of the molecule is N=Cc1cc(Nc2nnc(-c3ccc(OCC(=O)N[C@@H]4CCNC4)cc3)[nH]2)ccc1N. The van der Waals surface area contributed by atoms with E-state index < -0.39 is 0 Å². The number of ether oxygens (including phenoxy) is 1. The lowest BCUT2D eigenvalue weighted by atomic mass is 10.2. The molecule has 1 aliphatic heterocycles. The third-order valence-corrected chi connectivity index (χ3v) is 4.91. The number of nitrogen functional groups attached to an aromatic ring is 1. The molecule has 10 heteroatoms. The van der Waals surface area contributed by atoms with E-state index in [0.717, 1.165) is 30.8 Å². The molecule has 0 unspecified atom stereocenters. The minimum atomic E-state index is -0.127. The zero-order valence-electron chi connectivity index (χ0n) is 16.8. The number of nitrogens with one attached hydrogen (secondary N) is 5. The molecule has 1 aliphatic rings. The van der Waals surface area contributed by atoms with Crippen molar-refractivity contribution in [3.8, 4) is 17.1 Å². The van der Waals surface area contributed by atoms with Crippen molar-refractivity contribution in [1.82, 2.24) is 25.8 Å². The molecule has 1 saturated heterocycles. The zero-order chi connectivity index (χ0) is 21.6. The predicted molar refractivity (Wildman–Crippen MR) is 119 cm³/mol. The summed E-state index contributed by atoms with van der Waals surface area (Å²) in [5.74, 6) is 1.53. The van der Waals surface area contributed by atoms with Crippen molar-refractivity contribution in [1.29, 1.82) is 5.41 Å². The molecule has 10 nitrogen and oxygen atoms in total. The number of benzene rings is 2. The van der Waals surface area contributed by atoms with Gasteiger partial charge in [0.05, 0.1) is 0 Å². The fraction of sp³-hybridized carbons (Fsp3) is 0.238. The maximum atomic E-state index is 12.0. The Morgan fingerprint density at radius 1 is 1.26 bits per heavy atom. The van der Waals surface area contributed by atoms with Gasteiger partial charge in [0.15, 0.2) is 12.4 Å². The standard InChI is InChI=1S/C21H24N8O2/c22-10-14-9-15(3-6-18(14)23)26-21-27-20(28-29-21)13-1-4-17(5-2-13)31-12-19(30)25-16-7-8-24-11-16/h1-6,9-10,16,22,24H,7-8,11-12,23H2,(H,25,30)(H2,26,27,28,29)/t16-/m1/s1. The van der Waals surface area contributed by atoms with E-state index in [0.29, 0.717) is 28.8 Å². The molecule has 0 bridgehead atoms. The van der Waals surface area contributed by atoms with Crippen LogP contribution in [0.2, 0.25) is 0 Å². The summed E-state index contributed by atoms with van der Waals surface area (Å²) in [7, 11) is 0. The van der Waals surface area contributed by atoms with Crippen LogP contribution in [-0.2, 0) is 4.79 Å². The van der Waals surface area contributed by atoms with Gasteiger partial charge in [-0.2, -0.15) is 0 Å². The Hall–Kier alpha value is -3.92. The Morgan fingerprint density at radius 2 is 2.10 bits per heavy atom. The van der Waals surface area contributed by atoms with Gasteiger partial charge in [-0.15, -0.1) is 10.2 Å². The van der Waals surface area contributed by atoms with Crippen LogP contribution in [0.15, 0.2) is 42.5 Å². The third-order valence-electron chi connectivity index (χ3n) is 4.91. The van der Waals surface area contributed by atoms with Crippen molar-refractivity contribution in [2.24, 2.45) is 0 Å². The smallest absolute Gasteiger partial charge is 0.258 e. The molecule has 31 heavy (non-hydrogen) atoms. The number of aromatic amines is 1. The second kappa shape index (κ2) is 9.26. The topological polar surface area (TPSA) is 154 Å². The first-order valence-electron chi connectivity index (χ1n) is 9.94. The quantitative estimate of drug-likeness (QED) is 0.239. The van der Waals surface area contributed by atoms with E-state index in [9.17, 15) is 4.79 Å². The molecule has 4 rings (SSSR count). The van der Waals surface area contributed by atoms with E-state index >= 15 is 0 Å². The first-order chi connectivity index (χ1) is 15.1. The van der Waals surface area contributed by atoms with Crippen LogP contribution in [0.1, 0.15) is 12.0 Å². The summed E-state index contributed by atoms with van der Waals surface area (Å²) in [5.41, 5.74) is 8.53. The first kappa shape index (κ1) is 20.4. The Morgan fingerprint density at radius 3 is 2.84 bits per heavy atom. The van der Waals surface area contributed by atoms with Crippen molar-refractivity contribution in [3.05, 3.63) is 48.0 Å². The molecule has 1 aromatic heterocycles. The molecule has 7 N–H and O–H groups in total. The number of aromatic nitrogens is 3. The highest BCUT2D eigenvalue weighted by molar-refractivity contribution is 5.87. The van der Waals surface area contributed by atoms with Crippen molar-refractivity contribution < 1.29 is 9.53 Å². The highest BCUT2D eigenvalue weighted by atomic mass is 16.5. The van der Waals surface area contributed by atoms with Crippen LogP contribution in [0.5, 0.6) is 5.75 Å². The summed E-state index contributed by atoms with van der Waals surface area (Å²) in [6.45, 7) is 1.71.